The predicted molar refractivity (Wildman–Crippen MR) is 209 cm³/mol. The van der Waals surface area contributed by atoms with Crippen LogP contribution in [0.4, 0.5) is 0 Å². The molecule has 0 fully saturated rings. The van der Waals surface area contributed by atoms with Gasteiger partial charge in [0.15, 0.2) is 0 Å². The van der Waals surface area contributed by atoms with Crippen LogP contribution in [0.3, 0.4) is 0 Å². The second-order valence-electron chi connectivity index (χ2n) is 15.2. The average Bonchev–Trinajstić information content (AvgIpc) is 3.62. The molecule has 10 rings (SSSR count). The Morgan fingerprint density at radius 3 is 2.34 bits per heavy atom. The highest BCUT2D eigenvalue weighted by molar-refractivity contribution is 6.11. The maximum absolute atomic E-state index is 5.33. The number of allylic oxidation sites excluding steroid dienone is 16. The van der Waals surface area contributed by atoms with Gasteiger partial charge >= 0.3 is 0 Å². The molecule has 3 aromatic carbocycles. The van der Waals surface area contributed by atoms with Gasteiger partial charge in [-0.2, -0.15) is 0 Å². The fourth-order valence-electron chi connectivity index (χ4n) is 9.36. The lowest BCUT2D eigenvalue weighted by Crippen LogP contribution is -2.24. The van der Waals surface area contributed by atoms with E-state index in [-0.39, 0.29) is 11.3 Å². The van der Waals surface area contributed by atoms with E-state index in [1.54, 1.807) is 0 Å². The van der Waals surface area contributed by atoms with Gasteiger partial charge in [-0.25, -0.2) is 9.97 Å². The van der Waals surface area contributed by atoms with E-state index >= 15 is 0 Å². The van der Waals surface area contributed by atoms with Crippen molar-refractivity contribution in [3.8, 4) is 0 Å². The van der Waals surface area contributed by atoms with Crippen molar-refractivity contribution in [2.45, 2.75) is 63.2 Å². The largest absolute Gasteiger partial charge is 0.310 e. The van der Waals surface area contributed by atoms with Crippen molar-refractivity contribution >= 4 is 44.0 Å². The number of nitrogens with zero attached hydrogens (tertiary/aromatic N) is 3. The average molecular weight is 648 g/mol. The Labute approximate surface area is 294 Å². The second kappa shape index (κ2) is 11.4. The molecule has 3 atom stereocenters. The van der Waals surface area contributed by atoms with E-state index in [0.29, 0.717) is 11.8 Å². The van der Waals surface area contributed by atoms with Crippen LogP contribution in [0.2, 0.25) is 0 Å². The summed E-state index contributed by atoms with van der Waals surface area (Å²) in [6.07, 6.45) is 32.9. The summed E-state index contributed by atoms with van der Waals surface area (Å²) in [5.41, 5.74) is 13.2. The normalized spacial score (nSPS) is 23.5. The Balaban J connectivity index is 1.03. The first-order chi connectivity index (χ1) is 24.5. The van der Waals surface area contributed by atoms with Gasteiger partial charge in [-0.05, 0) is 102 Å². The summed E-state index contributed by atoms with van der Waals surface area (Å²) in [5.74, 6) is 1.94. The van der Waals surface area contributed by atoms with E-state index in [2.05, 4.69) is 152 Å². The van der Waals surface area contributed by atoms with Gasteiger partial charge in [-0.15, -0.1) is 0 Å². The van der Waals surface area contributed by atoms with Gasteiger partial charge in [0.1, 0.15) is 5.82 Å². The van der Waals surface area contributed by atoms with Gasteiger partial charge in [-0.1, -0.05) is 117 Å². The molecule has 0 saturated heterocycles. The van der Waals surface area contributed by atoms with E-state index in [0.717, 1.165) is 54.5 Å². The summed E-state index contributed by atoms with van der Waals surface area (Å²) in [6, 6.07) is 22.4. The van der Waals surface area contributed by atoms with Crippen LogP contribution in [0.5, 0.6) is 0 Å². The molecule has 5 aromatic rings. The van der Waals surface area contributed by atoms with Gasteiger partial charge in [0.25, 0.3) is 0 Å². The molecule has 0 bridgehead atoms. The molecule has 0 amide bonds. The van der Waals surface area contributed by atoms with Gasteiger partial charge in [0.2, 0.25) is 0 Å². The lowest BCUT2D eigenvalue weighted by Gasteiger charge is -2.29. The Kier molecular flexibility index (Phi) is 6.74. The molecule has 3 nitrogen and oxygen atoms in total. The van der Waals surface area contributed by atoms with Crippen LogP contribution in [-0.2, 0) is 5.41 Å². The van der Waals surface area contributed by atoms with Crippen molar-refractivity contribution < 1.29 is 0 Å². The lowest BCUT2D eigenvalue weighted by molar-refractivity contribution is 0.394. The van der Waals surface area contributed by atoms with E-state index in [1.165, 1.54) is 55.3 Å². The Morgan fingerprint density at radius 2 is 1.52 bits per heavy atom. The molecule has 2 aromatic heterocycles. The summed E-state index contributed by atoms with van der Waals surface area (Å²) in [5, 5.41) is 3.80. The molecular weight excluding hydrogens is 607 g/mol. The molecule has 3 heteroatoms. The SMILES string of the molecule is CC1(C)c2cc3c4ccccc4n(C4=CCC(c5nc(C6=CC=C(C7=CC=CCC7)CC6)c6ccccc6n5)C=C4)c3cc2C2C=CC=CC21. The minimum absolute atomic E-state index is 0.0887. The van der Waals surface area contributed by atoms with Crippen LogP contribution in [0, 0.1) is 5.92 Å². The van der Waals surface area contributed by atoms with Crippen molar-refractivity contribution in [1.29, 1.82) is 0 Å². The summed E-state index contributed by atoms with van der Waals surface area (Å²) >= 11 is 0. The third kappa shape index (κ3) is 4.56. The highest BCUT2D eigenvalue weighted by atomic mass is 15.0. The van der Waals surface area contributed by atoms with Crippen molar-refractivity contribution in [3.63, 3.8) is 0 Å². The van der Waals surface area contributed by atoms with Crippen LogP contribution in [-0.4, -0.2) is 14.5 Å². The predicted octanol–water partition coefficient (Wildman–Crippen LogP) is 11.8. The van der Waals surface area contributed by atoms with Crippen LogP contribution < -0.4 is 0 Å². The van der Waals surface area contributed by atoms with Gasteiger partial charge < -0.3 is 4.57 Å². The minimum Gasteiger partial charge on any atom is -0.310 e. The Morgan fingerprint density at radius 1 is 0.720 bits per heavy atom. The molecule has 3 unspecified atom stereocenters. The van der Waals surface area contributed by atoms with Gasteiger partial charge in [-0.3, -0.25) is 0 Å². The Bertz CT molecular complexity index is 2500. The fourth-order valence-corrected chi connectivity index (χ4v) is 9.36. The molecule has 5 aliphatic carbocycles. The summed E-state index contributed by atoms with van der Waals surface area (Å²) in [6.45, 7) is 4.84. The fraction of sp³-hybridized carbons (Fsp3) is 0.234. The zero-order valence-electron chi connectivity index (χ0n) is 28.8. The maximum Gasteiger partial charge on any atom is 0.136 e. The maximum atomic E-state index is 5.33. The number of benzene rings is 3. The van der Waals surface area contributed by atoms with E-state index in [1.807, 2.05) is 0 Å². The quantitative estimate of drug-likeness (QED) is 0.194. The molecule has 0 aliphatic heterocycles. The first-order valence-corrected chi connectivity index (χ1v) is 18.4. The third-order valence-electron chi connectivity index (χ3n) is 12.0. The number of hydrogen-bond acceptors (Lipinski definition) is 2. The summed E-state index contributed by atoms with van der Waals surface area (Å²) in [7, 11) is 0. The molecule has 0 saturated carbocycles. The van der Waals surface area contributed by atoms with Crippen LogP contribution >= 0.6 is 0 Å². The summed E-state index contributed by atoms with van der Waals surface area (Å²) in [4.78, 5) is 10.5. The molecule has 50 heavy (non-hydrogen) atoms. The first-order valence-electron chi connectivity index (χ1n) is 18.4. The standard InChI is InChI=1S/C47H41N3/c1-47(2)40-17-9-6-14-35(40)38-29-44-39(28-41(38)47)36-15-8-11-19-43(36)50(44)34-26-24-33(25-27-34)46-48-42-18-10-7-16-37(42)45(49-46)32-22-20-31(21-23-32)30-12-4-3-5-13-30/h3-4,6-12,14-20,22,24,26-29,33,35,40H,5,13,21,23,25H2,1-2H3. The lowest BCUT2D eigenvalue weighted by atomic mass is 9.74. The van der Waals surface area contributed by atoms with Gasteiger partial charge in [0, 0.05) is 33.7 Å². The molecule has 2 heterocycles. The van der Waals surface area contributed by atoms with E-state index < -0.39 is 0 Å². The van der Waals surface area contributed by atoms with Crippen molar-refractivity contribution in [3.05, 3.63) is 167 Å². The zero-order valence-corrected chi connectivity index (χ0v) is 28.8. The number of para-hydroxylation sites is 2. The third-order valence-corrected chi connectivity index (χ3v) is 12.0. The molecule has 244 valence electrons. The monoisotopic (exact) mass is 647 g/mol. The van der Waals surface area contributed by atoms with E-state index in [9.17, 15) is 0 Å². The van der Waals surface area contributed by atoms with Crippen LogP contribution in [0.25, 0.3) is 44.0 Å². The smallest absolute Gasteiger partial charge is 0.136 e. The number of aromatic nitrogens is 3. The molecule has 0 N–H and O–H groups in total. The van der Waals surface area contributed by atoms with Crippen molar-refractivity contribution in [2.75, 3.05) is 0 Å². The molecule has 5 aliphatic rings. The molecule has 0 spiro atoms. The molecular formula is C47H41N3. The number of hydrogen-bond donors (Lipinski definition) is 0. The molecule has 0 radical (unpaired) electrons. The zero-order chi connectivity index (χ0) is 33.4. The highest BCUT2D eigenvalue weighted by Gasteiger charge is 2.45. The first kappa shape index (κ1) is 29.6. The topological polar surface area (TPSA) is 30.7 Å². The van der Waals surface area contributed by atoms with Gasteiger partial charge in [0.05, 0.1) is 22.2 Å². The second-order valence-corrected chi connectivity index (χ2v) is 15.2. The van der Waals surface area contributed by atoms with Crippen molar-refractivity contribution in [2.24, 2.45) is 5.92 Å². The number of fused-ring (bicyclic) bond motifs is 7. The highest BCUT2D eigenvalue weighted by Crippen LogP contribution is 2.54. The summed E-state index contributed by atoms with van der Waals surface area (Å²) < 4.78 is 2.49. The van der Waals surface area contributed by atoms with E-state index in [4.69, 9.17) is 9.97 Å². The minimum atomic E-state index is 0.0887. The number of rotatable bonds is 4. The van der Waals surface area contributed by atoms with Crippen molar-refractivity contribution in [1.82, 2.24) is 14.5 Å². The Hall–Kier alpha value is -5.28. The van der Waals surface area contributed by atoms with Crippen LogP contribution in [0.15, 0.2) is 145 Å². The van der Waals surface area contributed by atoms with Crippen LogP contribution in [0.1, 0.15) is 80.4 Å².